The molecule has 1 aliphatic rings. The predicted molar refractivity (Wildman–Crippen MR) is 65.3 cm³/mol. The summed E-state index contributed by atoms with van der Waals surface area (Å²) in [4.78, 5) is 16.4. The van der Waals surface area contributed by atoms with Gasteiger partial charge in [0.1, 0.15) is 11.9 Å². The second-order valence-corrected chi connectivity index (χ2v) is 5.17. The minimum Gasteiger partial charge on any atom is -0.480 e. The lowest BCUT2D eigenvalue weighted by Gasteiger charge is -2.33. The van der Waals surface area contributed by atoms with Crippen LogP contribution in [0.5, 0.6) is 0 Å². The van der Waals surface area contributed by atoms with E-state index in [0.717, 1.165) is 18.3 Å². The van der Waals surface area contributed by atoms with Crippen molar-refractivity contribution < 1.29 is 23.1 Å². The van der Waals surface area contributed by atoms with Gasteiger partial charge in [0.15, 0.2) is 0 Å². The van der Waals surface area contributed by atoms with Gasteiger partial charge < -0.3 is 10.0 Å². The van der Waals surface area contributed by atoms with Gasteiger partial charge in [0.25, 0.3) is 0 Å². The van der Waals surface area contributed by atoms with Crippen molar-refractivity contribution in [3.05, 3.63) is 23.9 Å². The maximum Gasteiger partial charge on any atom is 0.416 e. The van der Waals surface area contributed by atoms with E-state index in [4.69, 9.17) is 5.11 Å². The number of carboxylic acids is 1. The van der Waals surface area contributed by atoms with E-state index in [-0.39, 0.29) is 5.82 Å². The molecule has 19 heavy (non-hydrogen) atoms. The third-order valence-corrected chi connectivity index (χ3v) is 3.80. The van der Waals surface area contributed by atoms with Crippen LogP contribution in [0.25, 0.3) is 0 Å². The Hall–Kier alpha value is -1.44. The van der Waals surface area contributed by atoms with Gasteiger partial charge in [-0.3, -0.25) is 0 Å². The minimum absolute atomic E-state index is 0.0579. The van der Waals surface area contributed by atoms with Crippen LogP contribution < -0.4 is 4.90 Å². The number of aromatic nitrogens is 1. The maximum atomic E-state index is 12.6. The Labute approximate surface area is 111 Å². The summed E-state index contributed by atoms with van der Waals surface area (Å²) in [5, 5.41) is 9.09. The average molecular weight is 292 g/mol. The van der Waals surface area contributed by atoms with Crippen molar-refractivity contribution in [1.29, 1.82) is 0 Å². The third-order valence-electron chi connectivity index (χ3n) is 2.78. The molecule has 0 spiro atoms. The standard InChI is InChI=1S/C11H11F3N2O2S/c12-11(13,14)7-1-2-15-9(5-7)16-3-4-19-6-8(16)10(17)18/h1-2,5,8H,3-4,6H2,(H,17,18). The summed E-state index contributed by atoms with van der Waals surface area (Å²) >= 11 is 1.47. The first-order valence-electron chi connectivity index (χ1n) is 5.50. The van der Waals surface area contributed by atoms with Crippen molar-refractivity contribution in [1.82, 2.24) is 4.98 Å². The molecule has 0 amide bonds. The summed E-state index contributed by atoms with van der Waals surface area (Å²) in [5.74, 6) is 0.0172. The molecular formula is C11H11F3N2O2S. The van der Waals surface area contributed by atoms with E-state index >= 15 is 0 Å². The van der Waals surface area contributed by atoms with Gasteiger partial charge in [0, 0.05) is 24.2 Å². The summed E-state index contributed by atoms with van der Waals surface area (Å²) in [7, 11) is 0. The second-order valence-electron chi connectivity index (χ2n) is 4.02. The van der Waals surface area contributed by atoms with Gasteiger partial charge in [-0.2, -0.15) is 24.9 Å². The summed E-state index contributed by atoms with van der Waals surface area (Å²) in [6.07, 6.45) is -3.40. The number of pyridine rings is 1. The van der Waals surface area contributed by atoms with Crippen LogP contribution in [0.4, 0.5) is 19.0 Å². The molecular weight excluding hydrogens is 281 g/mol. The molecule has 0 aliphatic carbocycles. The average Bonchev–Trinajstić information content (AvgIpc) is 2.38. The number of hydrogen-bond acceptors (Lipinski definition) is 4. The number of thioether (sulfide) groups is 1. The maximum absolute atomic E-state index is 12.6. The summed E-state index contributed by atoms with van der Waals surface area (Å²) in [5.41, 5.74) is -0.820. The number of carboxylic acid groups (broad SMARTS) is 1. The van der Waals surface area contributed by atoms with Crippen molar-refractivity contribution in [3.63, 3.8) is 0 Å². The topological polar surface area (TPSA) is 53.4 Å². The first kappa shape index (κ1) is 14.0. The SMILES string of the molecule is O=C(O)C1CSCCN1c1cc(C(F)(F)F)ccn1. The van der Waals surface area contributed by atoms with Crippen LogP contribution in [0.1, 0.15) is 5.56 Å². The molecule has 0 aromatic carbocycles. The Balaban J connectivity index is 2.32. The molecule has 4 nitrogen and oxygen atoms in total. The highest BCUT2D eigenvalue weighted by Gasteiger charge is 2.34. The molecule has 2 rings (SSSR count). The number of carbonyl (C=O) groups is 1. The molecule has 1 aromatic rings. The molecule has 1 fully saturated rings. The minimum atomic E-state index is -4.46. The highest BCUT2D eigenvalue weighted by molar-refractivity contribution is 7.99. The fourth-order valence-electron chi connectivity index (χ4n) is 1.83. The summed E-state index contributed by atoms with van der Waals surface area (Å²) in [6.45, 7) is 0.371. The van der Waals surface area contributed by atoms with E-state index in [1.54, 1.807) is 0 Å². The monoisotopic (exact) mass is 292 g/mol. The van der Waals surface area contributed by atoms with Gasteiger partial charge in [0.2, 0.25) is 0 Å². The van der Waals surface area contributed by atoms with Crippen LogP contribution >= 0.6 is 11.8 Å². The van der Waals surface area contributed by atoms with E-state index in [1.807, 2.05) is 0 Å². The number of aliphatic carboxylic acids is 1. The normalized spacial score (nSPS) is 20.4. The Morgan fingerprint density at radius 2 is 2.26 bits per heavy atom. The largest absolute Gasteiger partial charge is 0.480 e. The molecule has 0 saturated carbocycles. The smallest absolute Gasteiger partial charge is 0.416 e. The molecule has 1 aliphatic heterocycles. The molecule has 1 saturated heterocycles. The van der Waals surface area contributed by atoms with Crippen molar-refractivity contribution in [2.24, 2.45) is 0 Å². The molecule has 104 valence electrons. The van der Waals surface area contributed by atoms with E-state index in [2.05, 4.69) is 4.98 Å². The van der Waals surface area contributed by atoms with Crippen LogP contribution in [-0.4, -0.2) is 40.2 Å². The van der Waals surface area contributed by atoms with Crippen molar-refractivity contribution in [3.8, 4) is 0 Å². The van der Waals surface area contributed by atoms with Gasteiger partial charge in [-0.05, 0) is 12.1 Å². The summed E-state index contributed by atoms with van der Waals surface area (Å²) < 4.78 is 37.9. The van der Waals surface area contributed by atoms with E-state index < -0.39 is 23.8 Å². The van der Waals surface area contributed by atoms with E-state index in [9.17, 15) is 18.0 Å². The fraction of sp³-hybridized carbons (Fsp3) is 0.455. The van der Waals surface area contributed by atoms with Gasteiger partial charge in [0.05, 0.1) is 5.56 Å². The van der Waals surface area contributed by atoms with Gasteiger partial charge >= 0.3 is 12.1 Å². The number of rotatable bonds is 2. The summed E-state index contributed by atoms with van der Waals surface area (Å²) in [6, 6.07) is 0.930. The fourth-order valence-corrected chi connectivity index (χ4v) is 2.87. The lowest BCUT2D eigenvalue weighted by molar-refractivity contribution is -0.138. The molecule has 1 aromatic heterocycles. The second kappa shape index (κ2) is 5.28. The van der Waals surface area contributed by atoms with Crippen LogP contribution in [-0.2, 0) is 11.0 Å². The Bertz CT molecular complexity index is 481. The zero-order valence-electron chi connectivity index (χ0n) is 9.72. The van der Waals surface area contributed by atoms with Gasteiger partial charge in [-0.1, -0.05) is 0 Å². The molecule has 2 heterocycles. The zero-order valence-corrected chi connectivity index (χ0v) is 10.5. The number of anilines is 1. The Morgan fingerprint density at radius 3 is 2.89 bits per heavy atom. The van der Waals surface area contributed by atoms with Gasteiger partial charge in [-0.25, -0.2) is 9.78 Å². The molecule has 0 bridgehead atoms. The quantitative estimate of drug-likeness (QED) is 0.904. The zero-order chi connectivity index (χ0) is 14.0. The first-order chi connectivity index (χ1) is 8.89. The van der Waals surface area contributed by atoms with Gasteiger partial charge in [-0.15, -0.1) is 0 Å². The van der Waals surface area contributed by atoms with Crippen LogP contribution in [0.3, 0.4) is 0 Å². The first-order valence-corrected chi connectivity index (χ1v) is 6.65. The lowest BCUT2D eigenvalue weighted by Crippen LogP contribution is -2.47. The molecule has 1 unspecified atom stereocenters. The molecule has 1 atom stereocenters. The highest BCUT2D eigenvalue weighted by atomic mass is 32.2. The number of hydrogen-bond donors (Lipinski definition) is 1. The third kappa shape index (κ3) is 3.12. The highest BCUT2D eigenvalue weighted by Crippen LogP contribution is 2.32. The number of alkyl halides is 3. The van der Waals surface area contributed by atoms with Crippen LogP contribution in [0.15, 0.2) is 18.3 Å². The van der Waals surface area contributed by atoms with E-state index in [1.165, 1.54) is 16.7 Å². The molecule has 8 heteroatoms. The van der Waals surface area contributed by atoms with Crippen LogP contribution in [0, 0.1) is 0 Å². The van der Waals surface area contributed by atoms with Crippen molar-refractivity contribution in [2.45, 2.75) is 12.2 Å². The van der Waals surface area contributed by atoms with Crippen LogP contribution in [0.2, 0.25) is 0 Å². The molecule has 1 N–H and O–H groups in total. The van der Waals surface area contributed by atoms with Crippen molar-refractivity contribution in [2.75, 3.05) is 23.0 Å². The van der Waals surface area contributed by atoms with Crippen molar-refractivity contribution >= 4 is 23.5 Å². The lowest BCUT2D eigenvalue weighted by atomic mass is 10.2. The van der Waals surface area contributed by atoms with E-state index in [0.29, 0.717) is 18.1 Å². The Kier molecular flexibility index (Phi) is 3.88. The molecule has 0 radical (unpaired) electrons. The number of nitrogens with zero attached hydrogens (tertiary/aromatic N) is 2. The predicted octanol–water partition coefficient (Wildman–Crippen LogP) is 2.11. The number of halogens is 3. The Morgan fingerprint density at radius 1 is 1.53 bits per heavy atom.